The molecule has 1 aromatic heterocycles. The lowest BCUT2D eigenvalue weighted by Crippen LogP contribution is -2.21. The van der Waals surface area contributed by atoms with E-state index >= 15 is 0 Å². The van der Waals surface area contributed by atoms with Crippen molar-refractivity contribution in [2.75, 3.05) is 6.54 Å². The minimum Gasteiger partial charge on any atom is -0.481 e. The Morgan fingerprint density at radius 2 is 2.54 bits per heavy atom. The molecule has 0 fully saturated rings. The van der Waals surface area contributed by atoms with E-state index in [4.69, 9.17) is 5.11 Å². The lowest BCUT2D eigenvalue weighted by Gasteiger charge is -2.10. The Morgan fingerprint density at radius 1 is 1.77 bits per heavy atom. The van der Waals surface area contributed by atoms with E-state index in [1.165, 1.54) is 5.56 Å². The highest BCUT2D eigenvalue weighted by atomic mass is 32.1. The van der Waals surface area contributed by atoms with Crippen molar-refractivity contribution in [1.82, 2.24) is 5.32 Å². The fourth-order valence-corrected chi connectivity index (χ4v) is 1.79. The van der Waals surface area contributed by atoms with Gasteiger partial charge in [0.25, 0.3) is 0 Å². The summed E-state index contributed by atoms with van der Waals surface area (Å²) >= 11 is 1.65. The van der Waals surface area contributed by atoms with Crippen molar-refractivity contribution in [3.63, 3.8) is 0 Å². The average Bonchev–Trinajstić information content (AvgIpc) is 2.55. The van der Waals surface area contributed by atoms with Crippen LogP contribution in [0, 0.1) is 0 Å². The van der Waals surface area contributed by atoms with E-state index in [1.54, 1.807) is 11.3 Å². The first-order chi connectivity index (χ1) is 6.20. The fourth-order valence-electron chi connectivity index (χ4n) is 1.03. The summed E-state index contributed by atoms with van der Waals surface area (Å²) in [6.07, 6.45) is 0.175. The van der Waals surface area contributed by atoms with Crippen LogP contribution in [0.1, 0.15) is 24.9 Å². The van der Waals surface area contributed by atoms with Crippen LogP contribution in [0.15, 0.2) is 16.8 Å². The van der Waals surface area contributed by atoms with Gasteiger partial charge in [0, 0.05) is 12.6 Å². The molecule has 0 aromatic carbocycles. The molecule has 1 unspecified atom stereocenters. The first-order valence-corrected chi connectivity index (χ1v) is 5.11. The Kier molecular flexibility index (Phi) is 3.92. The van der Waals surface area contributed by atoms with E-state index in [-0.39, 0.29) is 12.5 Å². The maximum absolute atomic E-state index is 10.2. The molecule has 4 heteroatoms. The molecule has 1 aromatic rings. The number of hydrogen-bond donors (Lipinski definition) is 2. The predicted molar refractivity (Wildman–Crippen MR) is 53.0 cm³/mol. The zero-order valence-corrected chi connectivity index (χ0v) is 8.30. The van der Waals surface area contributed by atoms with E-state index in [2.05, 4.69) is 10.7 Å². The van der Waals surface area contributed by atoms with Crippen LogP contribution < -0.4 is 5.32 Å². The van der Waals surface area contributed by atoms with Crippen molar-refractivity contribution in [1.29, 1.82) is 0 Å². The number of carboxylic acid groups (broad SMARTS) is 1. The minimum atomic E-state index is -0.759. The Hall–Kier alpha value is -0.870. The van der Waals surface area contributed by atoms with Gasteiger partial charge >= 0.3 is 5.97 Å². The molecule has 1 atom stereocenters. The van der Waals surface area contributed by atoms with Crippen LogP contribution in [0.25, 0.3) is 0 Å². The van der Waals surface area contributed by atoms with Crippen LogP contribution in [0.5, 0.6) is 0 Å². The van der Waals surface area contributed by atoms with Gasteiger partial charge in [-0.3, -0.25) is 4.79 Å². The van der Waals surface area contributed by atoms with E-state index in [1.807, 2.05) is 18.4 Å². The van der Waals surface area contributed by atoms with Crippen molar-refractivity contribution in [2.24, 2.45) is 0 Å². The molecule has 0 saturated heterocycles. The van der Waals surface area contributed by atoms with Crippen molar-refractivity contribution >= 4 is 17.3 Å². The molecule has 13 heavy (non-hydrogen) atoms. The second-order valence-corrected chi connectivity index (χ2v) is 3.66. The van der Waals surface area contributed by atoms with Crippen LogP contribution in [0.3, 0.4) is 0 Å². The summed E-state index contributed by atoms with van der Waals surface area (Å²) < 4.78 is 0. The van der Waals surface area contributed by atoms with Crippen LogP contribution in [0.2, 0.25) is 0 Å². The normalized spacial score (nSPS) is 12.7. The second kappa shape index (κ2) is 4.99. The van der Waals surface area contributed by atoms with Crippen LogP contribution in [-0.4, -0.2) is 17.6 Å². The first-order valence-electron chi connectivity index (χ1n) is 4.17. The van der Waals surface area contributed by atoms with Gasteiger partial charge in [-0.25, -0.2) is 0 Å². The van der Waals surface area contributed by atoms with Gasteiger partial charge < -0.3 is 10.4 Å². The van der Waals surface area contributed by atoms with Gasteiger partial charge in [0.05, 0.1) is 6.42 Å². The molecule has 0 radical (unpaired) electrons. The summed E-state index contributed by atoms with van der Waals surface area (Å²) in [6.45, 7) is 2.55. The Bertz CT molecular complexity index is 259. The highest BCUT2D eigenvalue weighted by Gasteiger charge is 2.04. The zero-order valence-electron chi connectivity index (χ0n) is 7.49. The second-order valence-electron chi connectivity index (χ2n) is 2.88. The number of thiophene rings is 1. The topological polar surface area (TPSA) is 49.3 Å². The van der Waals surface area contributed by atoms with Gasteiger partial charge in [-0.2, -0.15) is 11.3 Å². The van der Waals surface area contributed by atoms with Gasteiger partial charge in [-0.15, -0.1) is 0 Å². The third-order valence-corrected chi connectivity index (χ3v) is 2.53. The molecule has 0 bridgehead atoms. The maximum atomic E-state index is 10.2. The lowest BCUT2D eigenvalue weighted by molar-refractivity contribution is -0.136. The molecule has 0 aliphatic heterocycles. The van der Waals surface area contributed by atoms with Crippen molar-refractivity contribution in [3.05, 3.63) is 22.4 Å². The third-order valence-electron chi connectivity index (χ3n) is 1.83. The first kappa shape index (κ1) is 10.2. The molecule has 0 amide bonds. The highest BCUT2D eigenvalue weighted by molar-refractivity contribution is 7.07. The Morgan fingerprint density at radius 3 is 3.08 bits per heavy atom. The summed E-state index contributed by atoms with van der Waals surface area (Å²) in [5, 5.41) is 15.6. The quantitative estimate of drug-likeness (QED) is 0.761. The minimum absolute atomic E-state index is 0.175. The number of hydrogen-bond acceptors (Lipinski definition) is 3. The standard InChI is InChI=1S/C9H13NO2S/c1-7(8-3-5-13-6-8)10-4-2-9(11)12/h3,5-7,10H,2,4H2,1H3,(H,11,12). The van der Waals surface area contributed by atoms with Gasteiger partial charge in [0.15, 0.2) is 0 Å². The number of rotatable bonds is 5. The van der Waals surface area contributed by atoms with Gasteiger partial charge in [-0.1, -0.05) is 0 Å². The van der Waals surface area contributed by atoms with Crippen LogP contribution >= 0.6 is 11.3 Å². The summed E-state index contributed by atoms with van der Waals surface area (Å²) in [6, 6.07) is 2.29. The van der Waals surface area contributed by atoms with E-state index < -0.39 is 5.97 Å². The monoisotopic (exact) mass is 199 g/mol. The number of carboxylic acids is 1. The Labute approximate surface area is 81.4 Å². The third kappa shape index (κ3) is 3.57. The molecule has 3 nitrogen and oxygen atoms in total. The van der Waals surface area contributed by atoms with Crippen LogP contribution in [0.4, 0.5) is 0 Å². The SMILES string of the molecule is CC(NCCC(=O)O)c1ccsc1. The van der Waals surface area contributed by atoms with E-state index in [0.29, 0.717) is 6.54 Å². The number of carbonyl (C=O) groups is 1. The highest BCUT2D eigenvalue weighted by Crippen LogP contribution is 2.14. The summed E-state index contributed by atoms with van der Waals surface area (Å²) in [7, 11) is 0. The van der Waals surface area contributed by atoms with Crippen molar-refractivity contribution in [3.8, 4) is 0 Å². The summed E-state index contributed by atoms with van der Waals surface area (Å²) in [4.78, 5) is 10.2. The predicted octanol–water partition coefficient (Wildman–Crippen LogP) is 1.87. The van der Waals surface area contributed by atoms with Gasteiger partial charge in [0.1, 0.15) is 0 Å². The lowest BCUT2D eigenvalue weighted by atomic mass is 10.2. The molecule has 0 aliphatic carbocycles. The summed E-state index contributed by atoms with van der Waals surface area (Å²) in [5.41, 5.74) is 1.22. The smallest absolute Gasteiger partial charge is 0.304 e. The number of aliphatic carboxylic acids is 1. The molecule has 0 spiro atoms. The average molecular weight is 199 g/mol. The Balaban J connectivity index is 2.26. The molecule has 1 rings (SSSR count). The molecule has 0 saturated carbocycles. The van der Waals surface area contributed by atoms with E-state index in [9.17, 15) is 4.79 Å². The van der Waals surface area contributed by atoms with Gasteiger partial charge in [-0.05, 0) is 29.3 Å². The molecule has 2 N–H and O–H groups in total. The molecule has 72 valence electrons. The largest absolute Gasteiger partial charge is 0.481 e. The number of nitrogens with one attached hydrogen (secondary N) is 1. The molecule has 1 heterocycles. The summed E-state index contributed by atoms with van der Waals surface area (Å²) in [5.74, 6) is -0.759. The molecular formula is C9H13NO2S. The zero-order chi connectivity index (χ0) is 9.68. The molecular weight excluding hydrogens is 186 g/mol. The fraction of sp³-hybridized carbons (Fsp3) is 0.444. The van der Waals surface area contributed by atoms with E-state index in [0.717, 1.165) is 0 Å². The van der Waals surface area contributed by atoms with Crippen molar-refractivity contribution in [2.45, 2.75) is 19.4 Å². The van der Waals surface area contributed by atoms with Crippen molar-refractivity contribution < 1.29 is 9.90 Å². The van der Waals surface area contributed by atoms with Crippen LogP contribution in [-0.2, 0) is 4.79 Å². The van der Waals surface area contributed by atoms with Gasteiger partial charge in [0.2, 0.25) is 0 Å². The maximum Gasteiger partial charge on any atom is 0.304 e. The molecule has 0 aliphatic rings.